The van der Waals surface area contributed by atoms with Crippen molar-refractivity contribution in [2.45, 2.75) is 13.3 Å². The number of carbonyl (C=O) groups excluding carboxylic acids is 1. The average molecular weight is 159 g/mol. The summed E-state index contributed by atoms with van der Waals surface area (Å²) in [6.07, 6.45) is 2.66. The van der Waals surface area contributed by atoms with Crippen LogP contribution in [0.1, 0.15) is 13.3 Å². The summed E-state index contributed by atoms with van der Waals surface area (Å²) in [5.41, 5.74) is 0. The van der Waals surface area contributed by atoms with E-state index in [9.17, 15) is 4.79 Å². The first kappa shape index (κ1) is 9.56. The second-order valence-electron chi connectivity index (χ2n) is 2.02. The van der Waals surface area contributed by atoms with Crippen LogP contribution in [0.2, 0.25) is 0 Å². The lowest BCUT2D eigenvalue weighted by molar-refractivity contribution is 0.229. The van der Waals surface area contributed by atoms with Gasteiger partial charge in [0.25, 0.3) is 5.24 Å². The molecule has 3 heteroatoms. The number of amides is 1. The molecule has 0 rings (SSSR count). The standard InChI is InChI=1S/C7H13NOS/c1-3-5-8(6-4-2)7(9)10/h3H,1,4-6H2,2H3,(H,9,10). The first-order valence-corrected chi connectivity index (χ1v) is 3.75. The predicted molar refractivity (Wildman–Crippen MR) is 46.4 cm³/mol. The molecule has 0 aliphatic heterocycles. The molecule has 0 aromatic rings. The van der Waals surface area contributed by atoms with Crippen LogP contribution in [0.5, 0.6) is 0 Å². The topological polar surface area (TPSA) is 20.3 Å². The zero-order valence-corrected chi connectivity index (χ0v) is 7.10. The maximum Gasteiger partial charge on any atom is 0.278 e. The number of hydrogen-bond donors (Lipinski definition) is 1. The zero-order chi connectivity index (χ0) is 7.98. The maximum atomic E-state index is 10.7. The Kier molecular flexibility index (Phi) is 5.12. The normalized spacial score (nSPS) is 9.00. The van der Waals surface area contributed by atoms with Gasteiger partial charge in [0.2, 0.25) is 0 Å². The molecule has 0 saturated heterocycles. The SMILES string of the molecule is C=CCN(CCC)C(=O)S. The quantitative estimate of drug-likeness (QED) is 0.491. The third-order valence-electron chi connectivity index (χ3n) is 1.11. The molecule has 0 spiro atoms. The third-order valence-corrected chi connectivity index (χ3v) is 1.40. The largest absolute Gasteiger partial charge is 0.330 e. The van der Waals surface area contributed by atoms with Crippen molar-refractivity contribution in [2.24, 2.45) is 0 Å². The lowest BCUT2D eigenvalue weighted by Gasteiger charge is -2.16. The highest BCUT2D eigenvalue weighted by Crippen LogP contribution is 1.96. The Labute approximate surface area is 67.3 Å². The smallest absolute Gasteiger partial charge is 0.278 e. The van der Waals surface area contributed by atoms with Gasteiger partial charge in [-0.2, -0.15) is 0 Å². The molecule has 0 aliphatic rings. The summed E-state index contributed by atoms with van der Waals surface area (Å²) in [7, 11) is 0. The number of hydrogen-bond acceptors (Lipinski definition) is 1. The van der Waals surface area contributed by atoms with Crippen molar-refractivity contribution < 1.29 is 4.79 Å². The van der Waals surface area contributed by atoms with E-state index in [0.717, 1.165) is 13.0 Å². The Hall–Kier alpha value is -0.440. The first-order chi connectivity index (χ1) is 4.72. The first-order valence-electron chi connectivity index (χ1n) is 3.31. The molecule has 0 aromatic heterocycles. The van der Waals surface area contributed by atoms with Crippen molar-refractivity contribution in [3.8, 4) is 0 Å². The van der Waals surface area contributed by atoms with Gasteiger partial charge in [0.05, 0.1) is 0 Å². The van der Waals surface area contributed by atoms with E-state index in [1.165, 1.54) is 0 Å². The van der Waals surface area contributed by atoms with Gasteiger partial charge in [-0.25, -0.2) is 0 Å². The molecular weight excluding hydrogens is 146 g/mol. The van der Waals surface area contributed by atoms with E-state index in [1.54, 1.807) is 11.0 Å². The van der Waals surface area contributed by atoms with E-state index >= 15 is 0 Å². The number of carbonyl (C=O) groups is 1. The predicted octanol–water partition coefficient (Wildman–Crippen LogP) is 1.93. The van der Waals surface area contributed by atoms with Gasteiger partial charge >= 0.3 is 0 Å². The van der Waals surface area contributed by atoms with E-state index in [-0.39, 0.29) is 5.24 Å². The Bertz CT molecular complexity index is 125. The van der Waals surface area contributed by atoms with Crippen LogP contribution in [0.15, 0.2) is 12.7 Å². The van der Waals surface area contributed by atoms with Crippen molar-refractivity contribution >= 4 is 17.9 Å². The lowest BCUT2D eigenvalue weighted by Crippen LogP contribution is -2.26. The summed E-state index contributed by atoms with van der Waals surface area (Å²) in [5, 5.41) is -0.179. The average Bonchev–Trinajstić information content (AvgIpc) is 1.87. The van der Waals surface area contributed by atoms with Crippen LogP contribution in [0.3, 0.4) is 0 Å². The Morgan fingerprint density at radius 1 is 1.80 bits per heavy atom. The van der Waals surface area contributed by atoms with Crippen molar-refractivity contribution in [3.05, 3.63) is 12.7 Å². The van der Waals surface area contributed by atoms with Gasteiger partial charge in [-0.05, 0) is 6.42 Å². The zero-order valence-electron chi connectivity index (χ0n) is 6.21. The summed E-state index contributed by atoms with van der Waals surface area (Å²) < 4.78 is 0. The lowest BCUT2D eigenvalue weighted by atomic mass is 10.4. The molecule has 0 fully saturated rings. The van der Waals surface area contributed by atoms with Gasteiger partial charge in [0.15, 0.2) is 0 Å². The fourth-order valence-electron chi connectivity index (χ4n) is 0.691. The molecule has 1 amide bonds. The number of rotatable bonds is 4. The highest BCUT2D eigenvalue weighted by molar-refractivity contribution is 7.96. The molecule has 0 radical (unpaired) electrons. The molecule has 0 aromatic carbocycles. The molecular formula is C7H13NOS. The Morgan fingerprint density at radius 3 is 2.70 bits per heavy atom. The molecule has 0 atom stereocenters. The number of thiol groups is 1. The van der Waals surface area contributed by atoms with E-state index in [1.807, 2.05) is 6.92 Å². The van der Waals surface area contributed by atoms with Crippen molar-refractivity contribution in [2.75, 3.05) is 13.1 Å². The van der Waals surface area contributed by atoms with Gasteiger partial charge in [0.1, 0.15) is 0 Å². The number of nitrogens with zero attached hydrogens (tertiary/aromatic N) is 1. The van der Waals surface area contributed by atoms with Crippen LogP contribution < -0.4 is 0 Å². The van der Waals surface area contributed by atoms with Crippen LogP contribution in [0.25, 0.3) is 0 Å². The van der Waals surface area contributed by atoms with Crippen LogP contribution in [-0.2, 0) is 0 Å². The summed E-state index contributed by atoms with van der Waals surface area (Å²) in [6.45, 7) is 6.91. The fourth-order valence-corrected chi connectivity index (χ4v) is 0.872. The molecule has 0 bridgehead atoms. The van der Waals surface area contributed by atoms with Crippen molar-refractivity contribution in [3.63, 3.8) is 0 Å². The Balaban J connectivity index is 3.71. The van der Waals surface area contributed by atoms with Crippen LogP contribution in [0.4, 0.5) is 4.79 Å². The van der Waals surface area contributed by atoms with Gasteiger partial charge in [-0.15, -0.1) is 6.58 Å². The molecule has 0 N–H and O–H groups in total. The van der Waals surface area contributed by atoms with E-state index in [4.69, 9.17) is 0 Å². The highest BCUT2D eigenvalue weighted by Gasteiger charge is 2.03. The molecule has 2 nitrogen and oxygen atoms in total. The minimum Gasteiger partial charge on any atom is -0.330 e. The Morgan fingerprint density at radius 2 is 2.40 bits per heavy atom. The van der Waals surface area contributed by atoms with Crippen LogP contribution >= 0.6 is 12.6 Å². The van der Waals surface area contributed by atoms with E-state index in [2.05, 4.69) is 19.2 Å². The van der Waals surface area contributed by atoms with Crippen molar-refractivity contribution in [1.82, 2.24) is 4.90 Å². The fraction of sp³-hybridized carbons (Fsp3) is 0.571. The van der Waals surface area contributed by atoms with Crippen molar-refractivity contribution in [1.29, 1.82) is 0 Å². The van der Waals surface area contributed by atoms with E-state index in [0.29, 0.717) is 6.54 Å². The minimum atomic E-state index is -0.179. The summed E-state index contributed by atoms with van der Waals surface area (Å²) in [5.74, 6) is 0. The van der Waals surface area contributed by atoms with E-state index < -0.39 is 0 Å². The summed E-state index contributed by atoms with van der Waals surface area (Å²) in [6, 6.07) is 0. The maximum absolute atomic E-state index is 10.7. The van der Waals surface area contributed by atoms with Crippen LogP contribution in [-0.4, -0.2) is 23.2 Å². The molecule has 0 aliphatic carbocycles. The second-order valence-corrected chi connectivity index (χ2v) is 2.40. The molecule has 0 saturated carbocycles. The van der Waals surface area contributed by atoms with Gasteiger partial charge < -0.3 is 4.90 Å². The third kappa shape index (κ3) is 3.56. The van der Waals surface area contributed by atoms with Gasteiger partial charge in [-0.1, -0.05) is 25.6 Å². The van der Waals surface area contributed by atoms with Gasteiger partial charge in [0, 0.05) is 13.1 Å². The second kappa shape index (κ2) is 5.35. The molecule has 0 unspecified atom stereocenters. The molecule has 10 heavy (non-hydrogen) atoms. The summed E-state index contributed by atoms with van der Waals surface area (Å²) >= 11 is 3.70. The highest BCUT2D eigenvalue weighted by atomic mass is 32.1. The molecule has 0 heterocycles. The van der Waals surface area contributed by atoms with Gasteiger partial charge in [-0.3, -0.25) is 4.79 Å². The molecule has 58 valence electrons. The monoisotopic (exact) mass is 159 g/mol. The minimum absolute atomic E-state index is 0.179. The van der Waals surface area contributed by atoms with Crippen LogP contribution in [0, 0.1) is 0 Å². The summed E-state index contributed by atoms with van der Waals surface area (Å²) in [4.78, 5) is 12.3.